The molecule has 14 heteroatoms. The van der Waals surface area contributed by atoms with Crippen LogP contribution in [0.1, 0.15) is 125 Å². The SMILES string of the molecule is COc1cc(OC2C(C)(C)C(NC(=O)c3ccc(N4CCC5(CCC(n6cc(-c7cc8cccc(-c9nn(C%10CCOCC%10)c%10c9CN(C(C)=O)CC%10)c8cn7)cn6)CC5)CC4)cc3)C2(C)C)ccc1C#N. The van der Waals surface area contributed by atoms with Crippen molar-refractivity contribution < 1.29 is 23.8 Å². The third-order valence-electron chi connectivity index (χ3n) is 17.4. The molecule has 374 valence electrons. The first-order valence-electron chi connectivity index (χ1n) is 26.0. The Hall–Kier alpha value is -6.72. The van der Waals surface area contributed by atoms with Gasteiger partial charge in [-0.25, -0.2) is 0 Å². The molecule has 72 heavy (non-hydrogen) atoms. The van der Waals surface area contributed by atoms with Crippen LogP contribution in [0.3, 0.4) is 0 Å². The van der Waals surface area contributed by atoms with E-state index in [1.807, 2.05) is 29.4 Å². The number of pyridine rings is 1. The first kappa shape index (κ1) is 47.6. The van der Waals surface area contributed by atoms with Crippen molar-refractivity contribution in [2.24, 2.45) is 16.2 Å². The van der Waals surface area contributed by atoms with Crippen LogP contribution in [0.5, 0.6) is 11.5 Å². The summed E-state index contributed by atoms with van der Waals surface area (Å²) < 4.78 is 22.0. The van der Waals surface area contributed by atoms with Crippen LogP contribution in [0.2, 0.25) is 0 Å². The van der Waals surface area contributed by atoms with Crippen LogP contribution in [0.15, 0.2) is 85.3 Å². The smallest absolute Gasteiger partial charge is 0.251 e. The molecule has 0 unspecified atom stereocenters. The van der Waals surface area contributed by atoms with E-state index in [9.17, 15) is 14.9 Å². The molecule has 1 N–H and O–H groups in total. The van der Waals surface area contributed by atoms with E-state index in [4.69, 9.17) is 29.4 Å². The number of benzene rings is 3. The largest absolute Gasteiger partial charge is 0.495 e. The zero-order valence-corrected chi connectivity index (χ0v) is 42.6. The summed E-state index contributed by atoms with van der Waals surface area (Å²) in [5, 5.41) is 25.1. The van der Waals surface area contributed by atoms with Gasteiger partial charge in [0.2, 0.25) is 5.91 Å². The number of aromatic nitrogens is 5. The van der Waals surface area contributed by atoms with E-state index >= 15 is 0 Å². The highest BCUT2D eigenvalue weighted by Crippen LogP contribution is 2.56. The minimum atomic E-state index is -0.339. The Morgan fingerprint density at radius 1 is 0.875 bits per heavy atom. The Labute approximate surface area is 422 Å². The van der Waals surface area contributed by atoms with E-state index in [-0.39, 0.29) is 34.8 Å². The molecule has 1 spiro atoms. The van der Waals surface area contributed by atoms with Gasteiger partial charge in [0.05, 0.1) is 42.3 Å². The van der Waals surface area contributed by atoms with Crippen LogP contribution >= 0.6 is 0 Å². The number of ether oxygens (including phenoxy) is 3. The van der Waals surface area contributed by atoms with E-state index in [0.717, 1.165) is 116 Å². The molecule has 0 radical (unpaired) electrons. The van der Waals surface area contributed by atoms with Crippen molar-refractivity contribution in [3.8, 4) is 40.1 Å². The van der Waals surface area contributed by atoms with Gasteiger partial charge in [0, 0.05) is 127 Å². The average Bonchev–Trinajstić information content (AvgIpc) is 4.06. The van der Waals surface area contributed by atoms with Gasteiger partial charge in [0.15, 0.2) is 0 Å². The Morgan fingerprint density at radius 3 is 2.33 bits per heavy atom. The zero-order chi connectivity index (χ0) is 49.9. The number of hydrogen-bond donors (Lipinski definition) is 1. The predicted molar refractivity (Wildman–Crippen MR) is 277 cm³/mol. The first-order valence-corrected chi connectivity index (χ1v) is 26.0. The molecule has 2 saturated heterocycles. The predicted octanol–water partition coefficient (Wildman–Crippen LogP) is 10.1. The number of nitrogens with zero attached hydrogens (tertiary/aromatic N) is 8. The summed E-state index contributed by atoms with van der Waals surface area (Å²) in [5.74, 6) is 1.13. The molecule has 0 atom stereocenters. The fraction of sp³-hybridized carbons (Fsp3) is 0.483. The molecule has 11 rings (SSSR count). The molecular formula is C58H67N9O5. The Balaban J connectivity index is 0.695. The fourth-order valence-corrected chi connectivity index (χ4v) is 13.4. The number of amides is 2. The van der Waals surface area contributed by atoms with Crippen LogP contribution in [-0.2, 0) is 22.5 Å². The quantitative estimate of drug-likeness (QED) is 0.140. The Bertz CT molecular complexity index is 3030. The van der Waals surface area contributed by atoms with Gasteiger partial charge in [0.25, 0.3) is 5.91 Å². The van der Waals surface area contributed by atoms with Gasteiger partial charge >= 0.3 is 0 Å². The van der Waals surface area contributed by atoms with Gasteiger partial charge < -0.3 is 29.3 Å². The van der Waals surface area contributed by atoms with Gasteiger partial charge in [-0.05, 0) is 105 Å². The van der Waals surface area contributed by atoms with Crippen LogP contribution in [0.25, 0.3) is 33.3 Å². The van der Waals surface area contributed by atoms with E-state index in [0.29, 0.717) is 53.2 Å². The summed E-state index contributed by atoms with van der Waals surface area (Å²) in [4.78, 5) is 35.7. The van der Waals surface area contributed by atoms with Crippen molar-refractivity contribution in [1.29, 1.82) is 5.26 Å². The number of methoxy groups -OCH3 is 1. The molecule has 3 aromatic heterocycles. The number of carbonyl (C=O) groups excluding carboxylic acids is 2. The van der Waals surface area contributed by atoms with Crippen molar-refractivity contribution in [2.75, 3.05) is 44.9 Å². The number of anilines is 1. The molecule has 2 amide bonds. The maximum absolute atomic E-state index is 13.7. The van der Waals surface area contributed by atoms with Gasteiger partial charge in [-0.2, -0.15) is 15.5 Å². The standard InChI is InChI=1S/C58H67N9O5/c1-37(68)65-25-18-50-48(36-65)52(63-67(50)44-19-28-71-29-20-44)46-9-7-8-39-30-49(60-34-47(39)46)41-33-61-66(35-41)43-16-21-58(22-17-43)23-26-64(27-24-58)42-13-10-38(11-14-42)53(69)62-54-56(2,3)55(57(54,4)5)72-45-15-12-40(32-59)51(31-45)70-6/h7-15,30-31,33-35,43-44,54-55H,16-29,36H2,1-6H3,(H,62,69). The lowest BCUT2D eigenvalue weighted by Gasteiger charge is -2.63. The Morgan fingerprint density at radius 2 is 1.62 bits per heavy atom. The van der Waals surface area contributed by atoms with Crippen LogP contribution in [-0.4, -0.2) is 93.4 Å². The third-order valence-corrected chi connectivity index (χ3v) is 17.4. The highest BCUT2D eigenvalue weighted by Gasteiger charge is 2.64. The number of carbonyl (C=O) groups is 2. The molecule has 3 aromatic carbocycles. The summed E-state index contributed by atoms with van der Waals surface area (Å²) in [6, 6.07) is 24.7. The topological polar surface area (TPSA) is 153 Å². The first-order chi connectivity index (χ1) is 34.7. The average molecular weight is 970 g/mol. The second-order valence-corrected chi connectivity index (χ2v) is 22.3. The zero-order valence-electron chi connectivity index (χ0n) is 42.6. The number of nitriles is 1. The number of hydrogen-bond acceptors (Lipinski definition) is 10. The highest BCUT2D eigenvalue weighted by atomic mass is 16.5. The van der Waals surface area contributed by atoms with Crippen LogP contribution < -0.4 is 19.7 Å². The number of nitrogens with one attached hydrogen (secondary N) is 1. The lowest BCUT2D eigenvalue weighted by molar-refractivity contribution is -0.164. The molecule has 5 aliphatic rings. The molecule has 6 heterocycles. The summed E-state index contributed by atoms with van der Waals surface area (Å²) in [7, 11) is 1.55. The summed E-state index contributed by atoms with van der Waals surface area (Å²) in [6.07, 6.45) is 15.6. The van der Waals surface area contributed by atoms with Gasteiger partial charge in [-0.3, -0.25) is 23.9 Å². The molecule has 0 bridgehead atoms. The highest BCUT2D eigenvalue weighted by molar-refractivity contribution is 5.98. The Kier molecular flexibility index (Phi) is 12.4. The minimum Gasteiger partial charge on any atom is -0.495 e. The third kappa shape index (κ3) is 8.57. The van der Waals surface area contributed by atoms with E-state index in [2.05, 4.69) is 95.9 Å². The lowest BCUT2D eigenvalue weighted by Crippen LogP contribution is -2.74. The van der Waals surface area contributed by atoms with E-state index in [1.165, 1.54) is 18.5 Å². The summed E-state index contributed by atoms with van der Waals surface area (Å²) in [5.41, 5.74) is 8.28. The maximum Gasteiger partial charge on any atom is 0.251 e. The van der Waals surface area contributed by atoms with Crippen molar-refractivity contribution in [3.63, 3.8) is 0 Å². The van der Waals surface area contributed by atoms with Crippen molar-refractivity contribution >= 4 is 28.3 Å². The molecule has 6 aromatic rings. The van der Waals surface area contributed by atoms with Crippen LogP contribution in [0.4, 0.5) is 5.69 Å². The minimum absolute atomic E-state index is 0.0825. The molecule has 14 nitrogen and oxygen atoms in total. The fourth-order valence-electron chi connectivity index (χ4n) is 13.4. The normalized spacial score (nSPS) is 21.7. The second-order valence-electron chi connectivity index (χ2n) is 22.3. The van der Waals surface area contributed by atoms with Gasteiger partial charge in [0.1, 0.15) is 23.7 Å². The van der Waals surface area contributed by atoms with Gasteiger partial charge in [-0.1, -0.05) is 45.9 Å². The molecule has 2 aliphatic carbocycles. The van der Waals surface area contributed by atoms with Crippen molar-refractivity contribution in [2.45, 2.75) is 123 Å². The number of fused-ring (bicyclic) bond motifs is 2. The number of rotatable bonds is 10. The van der Waals surface area contributed by atoms with E-state index in [1.54, 1.807) is 32.2 Å². The van der Waals surface area contributed by atoms with E-state index < -0.39 is 0 Å². The molecule has 4 fully saturated rings. The van der Waals surface area contributed by atoms with Crippen molar-refractivity contribution in [3.05, 3.63) is 108 Å². The van der Waals surface area contributed by atoms with Crippen LogP contribution in [0, 0.1) is 27.6 Å². The second kappa shape index (κ2) is 18.7. The molecule has 3 aliphatic heterocycles. The molecular weight excluding hydrogens is 903 g/mol. The summed E-state index contributed by atoms with van der Waals surface area (Å²) in [6.45, 7) is 15.0. The maximum atomic E-state index is 13.7. The lowest BCUT2D eigenvalue weighted by atomic mass is 9.49. The monoisotopic (exact) mass is 970 g/mol. The van der Waals surface area contributed by atoms with Gasteiger partial charge in [-0.15, -0.1) is 0 Å². The number of piperidine rings is 1. The van der Waals surface area contributed by atoms with Crippen molar-refractivity contribution in [1.82, 2.24) is 34.8 Å². The summed E-state index contributed by atoms with van der Waals surface area (Å²) >= 11 is 0. The molecule has 2 saturated carbocycles.